The zero-order valence-corrected chi connectivity index (χ0v) is 12.7. The molecule has 0 unspecified atom stereocenters. The predicted octanol–water partition coefficient (Wildman–Crippen LogP) is 5.42. The average molecular weight is 390 g/mol. The highest BCUT2D eigenvalue weighted by Gasteiger charge is 2.42. The maximum Gasteiger partial charge on any atom is 0.439 e. The van der Waals surface area contributed by atoms with E-state index in [2.05, 4.69) is 18.8 Å². The maximum absolute atomic E-state index is 13.2. The van der Waals surface area contributed by atoms with Crippen molar-refractivity contribution in [3.05, 3.63) is 35.2 Å². The standard InChI is InChI=1S/C14H10F8N2O2/c15-9-7(13(17,18)19)23-11(25-9)5-1-2-6(4-3-5)12-24-8(10(16)26-12)14(20,21)22/h5-6H,1-4H2. The Morgan fingerprint density at radius 3 is 1.19 bits per heavy atom. The minimum Gasteiger partial charge on any atom is -0.415 e. The van der Waals surface area contributed by atoms with Crippen LogP contribution in [0.1, 0.15) is 60.7 Å². The van der Waals surface area contributed by atoms with E-state index in [4.69, 9.17) is 0 Å². The summed E-state index contributed by atoms with van der Waals surface area (Å²) in [5.74, 6) is -2.14. The molecule has 26 heavy (non-hydrogen) atoms. The second-order valence-corrected chi connectivity index (χ2v) is 5.89. The number of hydrogen-bond donors (Lipinski definition) is 0. The predicted molar refractivity (Wildman–Crippen MR) is 66.9 cm³/mol. The van der Waals surface area contributed by atoms with Crippen molar-refractivity contribution in [2.75, 3.05) is 0 Å². The third-order valence-corrected chi connectivity index (χ3v) is 4.17. The molecule has 4 nitrogen and oxygen atoms in total. The van der Waals surface area contributed by atoms with Crippen molar-refractivity contribution < 1.29 is 44.0 Å². The third kappa shape index (κ3) is 3.54. The molecule has 0 saturated heterocycles. The van der Waals surface area contributed by atoms with E-state index in [-0.39, 0.29) is 25.7 Å². The van der Waals surface area contributed by atoms with Crippen LogP contribution in [0.2, 0.25) is 0 Å². The topological polar surface area (TPSA) is 52.1 Å². The lowest BCUT2D eigenvalue weighted by molar-refractivity contribution is -0.145. The van der Waals surface area contributed by atoms with E-state index in [9.17, 15) is 35.1 Å². The Hall–Kier alpha value is -2.14. The summed E-state index contributed by atoms with van der Waals surface area (Å²) in [5.41, 5.74) is -3.50. The van der Waals surface area contributed by atoms with E-state index in [0.717, 1.165) is 0 Å². The van der Waals surface area contributed by atoms with Crippen molar-refractivity contribution in [2.45, 2.75) is 49.9 Å². The van der Waals surface area contributed by atoms with Crippen LogP contribution in [0.4, 0.5) is 35.1 Å². The summed E-state index contributed by atoms with van der Waals surface area (Å²) in [7, 11) is 0. The fraction of sp³-hybridized carbons (Fsp3) is 0.571. The second kappa shape index (κ2) is 6.23. The fourth-order valence-electron chi connectivity index (χ4n) is 2.92. The number of alkyl halides is 6. The molecule has 0 aliphatic heterocycles. The number of halogens is 8. The Labute approximate surface area is 140 Å². The first-order valence-corrected chi connectivity index (χ1v) is 7.43. The van der Waals surface area contributed by atoms with Crippen LogP contribution in [0.5, 0.6) is 0 Å². The number of aromatic nitrogens is 2. The van der Waals surface area contributed by atoms with Crippen molar-refractivity contribution in [3.8, 4) is 0 Å². The fourth-order valence-corrected chi connectivity index (χ4v) is 2.92. The Morgan fingerprint density at radius 2 is 0.962 bits per heavy atom. The lowest BCUT2D eigenvalue weighted by Gasteiger charge is -2.24. The maximum atomic E-state index is 13.2. The number of oxazole rings is 2. The molecule has 1 fully saturated rings. The monoisotopic (exact) mass is 390 g/mol. The Morgan fingerprint density at radius 1 is 0.654 bits per heavy atom. The van der Waals surface area contributed by atoms with E-state index < -0.39 is 59.4 Å². The van der Waals surface area contributed by atoms with Crippen molar-refractivity contribution >= 4 is 0 Å². The van der Waals surface area contributed by atoms with E-state index in [1.165, 1.54) is 0 Å². The van der Waals surface area contributed by atoms with Gasteiger partial charge < -0.3 is 8.83 Å². The summed E-state index contributed by atoms with van der Waals surface area (Å²) >= 11 is 0. The van der Waals surface area contributed by atoms with Crippen LogP contribution in [0.25, 0.3) is 0 Å². The van der Waals surface area contributed by atoms with Gasteiger partial charge in [-0.3, -0.25) is 0 Å². The first-order chi connectivity index (χ1) is 12.0. The zero-order valence-electron chi connectivity index (χ0n) is 12.7. The minimum absolute atomic E-state index is 0.146. The largest absolute Gasteiger partial charge is 0.439 e. The quantitative estimate of drug-likeness (QED) is 0.643. The normalized spacial score (nSPS) is 22.0. The number of nitrogens with zero attached hydrogens (tertiary/aromatic N) is 2. The van der Waals surface area contributed by atoms with Gasteiger partial charge in [-0.15, -0.1) is 0 Å². The van der Waals surface area contributed by atoms with Gasteiger partial charge in [0.25, 0.3) is 0 Å². The van der Waals surface area contributed by atoms with Crippen molar-refractivity contribution in [1.29, 1.82) is 0 Å². The molecule has 0 atom stereocenters. The van der Waals surface area contributed by atoms with Gasteiger partial charge in [-0.2, -0.15) is 35.1 Å². The highest BCUT2D eigenvalue weighted by molar-refractivity contribution is 5.10. The molecule has 0 spiro atoms. The summed E-state index contributed by atoms with van der Waals surface area (Å²) in [6.07, 6.45) is -9.40. The lowest BCUT2D eigenvalue weighted by Crippen LogP contribution is -2.14. The Kier molecular flexibility index (Phi) is 4.47. The smallest absolute Gasteiger partial charge is 0.415 e. The van der Waals surface area contributed by atoms with Gasteiger partial charge in [0.2, 0.25) is 23.2 Å². The molecule has 2 aromatic heterocycles. The summed E-state index contributed by atoms with van der Waals surface area (Å²) in [4.78, 5) is 6.28. The zero-order chi connectivity index (χ0) is 19.3. The molecule has 0 amide bonds. The van der Waals surface area contributed by atoms with E-state index in [1.807, 2.05) is 0 Å². The van der Waals surface area contributed by atoms with Gasteiger partial charge in [-0.1, -0.05) is 0 Å². The molecule has 1 aliphatic rings. The molecule has 0 bridgehead atoms. The van der Waals surface area contributed by atoms with Crippen LogP contribution in [0.3, 0.4) is 0 Å². The molecule has 0 aromatic carbocycles. The SMILES string of the molecule is Fc1oc(C2CCC(c3nc(C(F)(F)F)c(F)o3)CC2)nc1C(F)(F)F. The van der Waals surface area contributed by atoms with Crippen molar-refractivity contribution in [2.24, 2.45) is 0 Å². The first kappa shape index (κ1) is 18.6. The van der Waals surface area contributed by atoms with E-state index in [1.54, 1.807) is 0 Å². The first-order valence-electron chi connectivity index (χ1n) is 7.43. The second-order valence-electron chi connectivity index (χ2n) is 5.89. The van der Waals surface area contributed by atoms with Gasteiger partial charge in [-0.25, -0.2) is 9.97 Å². The highest BCUT2D eigenvalue weighted by atomic mass is 19.4. The third-order valence-electron chi connectivity index (χ3n) is 4.17. The van der Waals surface area contributed by atoms with Gasteiger partial charge >= 0.3 is 24.4 Å². The van der Waals surface area contributed by atoms with Crippen LogP contribution in [-0.4, -0.2) is 9.97 Å². The molecule has 0 radical (unpaired) electrons. The summed E-state index contributed by atoms with van der Waals surface area (Å²) in [5, 5.41) is 0. The minimum atomic E-state index is -4.99. The van der Waals surface area contributed by atoms with Crippen molar-refractivity contribution in [1.82, 2.24) is 9.97 Å². The van der Waals surface area contributed by atoms with Crippen LogP contribution < -0.4 is 0 Å². The molecular formula is C14H10F8N2O2. The van der Waals surface area contributed by atoms with Gasteiger partial charge in [0, 0.05) is 11.8 Å². The molecule has 144 valence electrons. The molecule has 0 N–H and O–H groups in total. The summed E-state index contributed by atoms with van der Waals surface area (Å²) in [6.45, 7) is 0. The van der Waals surface area contributed by atoms with Crippen LogP contribution in [-0.2, 0) is 12.4 Å². The number of hydrogen-bond acceptors (Lipinski definition) is 4. The molecule has 2 heterocycles. The molecule has 2 aromatic rings. The number of rotatable bonds is 2. The lowest BCUT2D eigenvalue weighted by atomic mass is 9.82. The Balaban J connectivity index is 1.70. The van der Waals surface area contributed by atoms with Crippen LogP contribution in [0.15, 0.2) is 8.83 Å². The summed E-state index contributed by atoms with van der Waals surface area (Å²) in [6, 6.07) is -3.67. The van der Waals surface area contributed by atoms with Gasteiger partial charge in [-0.05, 0) is 25.7 Å². The van der Waals surface area contributed by atoms with Gasteiger partial charge in [0.05, 0.1) is 0 Å². The molecular weight excluding hydrogens is 380 g/mol. The summed E-state index contributed by atoms with van der Waals surface area (Å²) < 4.78 is 111. The van der Waals surface area contributed by atoms with Crippen LogP contribution in [0, 0.1) is 12.0 Å². The van der Waals surface area contributed by atoms with E-state index >= 15 is 0 Å². The van der Waals surface area contributed by atoms with Gasteiger partial charge in [0.1, 0.15) is 0 Å². The van der Waals surface area contributed by atoms with Crippen molar-refractivity contribution in [3.63, 3.8) is 0 Å². The Bertz CT molecular complexity index is 718. The molecule has 12 heteroatoms. The van der Waals surface area contributed by atoms with E-state index in [0.29, 0.717) is 0 Å². The van der Waals surface area contributed by atoms with Gasteiger partial charge in [0.15, 0.2) is 0 Å². The molecule has 1 aliphatic carbocycles. The highest BCUT2D eigenvalue weighted by Crippen LogP contribution is 2.42. The van der Waals surface area contributed by atoms with Crippen LogP contribution >= 0.6 is 0 Å². The molecule has 3 rings (SSSR count). The average Bonchev–Trinajstić information content (AvgIpc) is 3.10. The molecule has 1 saturated carbocycles.